The number of carbonyl (C=O) groups excluding carboxylic acids is 1. The lowest BCUT2D eigenvalue weighted by Crippen LogP contribution is -2.51. The van der Waals surface area contributed by atoms with Crippen molar-refractivity contribution in [3.05, 3.63) is 70.8 Å². The summed E-state index contributed by atoms with van der Waals surface area (Å²) < 4.78 is 0.931. The molecule has 156 valence electrons. The third-order valence-corrected chi connectivity index (χ3v) is 6.49. The van der Waals surface area contributed by atoms with Crippen molar-refractivity contribution in [2.75, 3.05) is 19.6 Å². The molecule has 0 saturated carbocycles. The van der Waals surface area contributed by atoms with Crippen LogP contribution in [0.3, 0.4) is 0 Å². The third kappa shape index (κ3) is 6.02. The van der Waals surface area contributed by atoms with Crippen LogP contribution < -0.4 is 0 Å². The first-order valence-corrected chi connectivity index (χ1v) is 11.3. The number of aryl methyl sites for hydroxylation is 1. The molecule has 0 spiro atoms. The fraction of sp³-hybridized carbons (Fsp3) is 0.519. The lowest BCUT2D eigenvalue weighted by molar-refractivity contribution is -0.932. The fourth-order valence-corrected chi connectivity index (χ4v) is 4.67. The molecule has 2 heteroatoms. The average molecular weight is 393 g/mol. The van der Waals surface area contributed by atoms with Gasteiger partial charge in [0, 0.05) is 12.0 Å². The Hall–Kier alpha value is -1.93. The van der Waals surface area contributed by atoms with Gasteiger partial charge >= 0.3 is 0 Å². The average Bonchev–Trinajstić information content (AvgIpc) is 2.89. The van der Waals surface area contributed by atoms with Gasteiger partial charge in [-0.25, -0.2) is 0 Å². The SMILES string of the molecule is Cc1ccc(C(C)(C)C)cc1CC(=O)C[N+]1(Cc2ccccc2)CCCCCC1. The number of hydrogen-bond acceptors (Lipinski definition) is 1. The van der Waals surface area contributed by atoms with E-state index in [1.807, 2.05) is 0 Å². The topological polar surface area (TPSA) is 17.1 Å². The highest BCUT2D eigenvalue weighted by Crippen LogP contribution is 2.26. The van der Waals surface area contributed by atoms with Crippen LogP contribution in [0.1, 0.15) is 68.7 Å². The lowest BCUT2D eigenvalue weighted by atomic mass is 9.84. The summed E-state index contributed by atoms with van der Waals surface area (Å²) in [6, 6.07) is 17.4. The van der Waals surface area contributed by atoms with E-state index in [4.69, 9.17) is 0 Å². The minimum atomic E-state index is 0.109. The van der Waals surface area contributed by atoms with Gasteiger partial charge in [-0.1, -0.05) is 69.3 Å². The molecule has 1 aliphatic rings. The van der Waals surface area contributed by atoms with Gasteiger partial charge in [0.1, 0.15) is 13.1 Å². The first-order chi connectivity index (χ1) is 13.8. The Morgan fingerprint density at radius 2 is 1.59 bits per heavy atom. The van der Waals surface area contributed by atoms with Crippen LogP contribution in [0.15, 0.2) is 48.5 Å². The van der Waals surface area contributed by atoms with Gasteiger partial charge in [-0.2, -0.15) is 0 Å². The molecule has 0 radical (unpaired) electrons. The molecular weight excluding hydrogens is 354 g/mol. The molecule has 3 rings (SSSR count). The highest BCUT2D eigenvalue weighted by atomic mass is 16.1. The predicted octanol–water partition coefficient (Wildman–Crippen LogP) is 6.00. The Kier molecular flexibility index (Phi) is 6.95. The summed E-state index contributed by atoms with van der Waals surface area (Å²) in [4.78, 5) is 13.3. The van der Waals surface area contributed by atoms with Crippen molar-refractivity contribution < 1.29 is 9.28 Å². The normalized spacial score (nSPS) is 17.0. The van der Waals surface area contributed by atoms with Gasteiger partial charge in [0.05, 0.1) is 13.1 Å². The fourth-order valence-electron chi connectivity index (χ4n) is 4.67. The maximum absolute atomic E-state index is 13.3. The van der Waals surface area contributed by atoms with Gasteiger partial charge in [0.15, 0.2) is 5.78 Å². The molecule has 1 aliphatic heterocycles. The molecule has 2 aromatic rings. The maximum atomic E-state index is 13.3. The molecule has 0 amide bonds. The summed E-state index contributed by atoms with van der Waals surface area (Å²) in [7, 11) is 0. The Morgan fingerprint density at radius 3 is 2.21 bits per heavy atom. The van der Waals surface area contributed by atoms with Crippen molar-refractivity contribution in [2.24, 2.45) is 0 Å². The molecule has 0 atom stereocenters. The predicted molar refractivity (Wildman–Crippen MR) is 122 cm³/mol. The van der Waals surface area contributed by atoms with Gasteiger partial charge in [-0.05, 0) is 54.7 Å². The van der Waals surface area contributed by atoms with E-state index in [0.717, 1.165) is 24.1 Å². The van der Waals surface area contributed by atoms with Crippen LogP contribution in [-0.4, -0.2) is 29.9 Å². The Bertz CT molecular complexity index is 808. The summed E-state index contributed by atoms with van der Waals surface area (Å²) in [6.45, 7) is 12.7. The van der Waals surface area contributed by atoms with Crippen LogP contribution in [0.4, 0.5) is 0 Å². The van der Waals surface area contributed by atoms with Crippen LogP contribution in [-0.2, 0) is 23.2 Å². The summed E-state index contributed by atoms with van der Waals surface area (Å²) in [6.07, 6.45) is 5.63. The minimum Gasteiger partial charge on any atom is -0.314 e. The monoisotopic (exact) mass is 392 g/mol. The second kappa shape index (κ2) is 9.26. The number of ketones is 1. The highest BCUT2D eigenvalue weighted by molar-refractivity contribution is 5.82. The zero-order chi connectivity index (χ0) is 20.9. The van der Waals surface area contributed by atoms with E-state index >= 15 is 0 Å². The number of likely N-dealkylation sites (tertiary alicyclic amines) is 1. The maximum Gasteiger partial charge on any atom is 0.191 e. The minimum absolute atomic E-state index is 0.109. The third-order valence-electron chi connectivity index (χ3n) is 6.49. The van der Waals surface area contributed by atoms with Gasteiger partial charge in [-0.3, -0.25) is 4.79 Å². The van der Waals surface area contributed by atoms with Gasteiger partial charge < -0.3 is 4.48 Å². The summed E-state index contributed by atoms with van der Waals surface area (Å²) >= 11 is 0. The van der Waals surface area contributed by atoms with E-state index in [1.165, 1.54) is 47.9 Å². The van der Waals surface area contributed by atoms with E-state index in [9.17, 15) is 4.79 Å². The van der Waals surface area contributed by atoms with Crippen LogP contribution in [0.5, 0.6) is 0 Å². The number of nitrogens with zero attached hydrogens (tertiary/aromatic N) is 1. The van der Waals surface area contributed by atoms with Crippen molar-refractivity contribution in [1.29, 1.82) is 0 Å². The Morgan fingerprint density at radius 1 is 0.931 bits per heavy atom. The molecular formula is C27H38NO+. The van der Waals surface area contributed by atoms with E-state index in [1.54, 1.807) is 0 Å². The van der Waals surface area contributed by atoms with E-state index < -0.39 is 0 Å². The summed E-state index contributed by atoms with van der Waals surface area (Å²) in [5.41, 5.74) is 5.21. The molecule has 1 heterocycles. The van der Waals surface area contributed by atoms with Gasteiger partial charge in [0.25, 0.3) is 0 Å². The van der Waals surface area contributed by atoms with Crippen molar-refractivity contribution in [3.63, 3.8) is 0 Å². The lowest BCUT2D eigenvalue weighted by Gasteiger charge is -2.37. The molecule has 0 aliphatic carbocycles. The molecule has 0 aromatic heterocycles. The standard InChI is InChI=1S/C27H38NO/c1-22-14-15-25(27(2,3)4)18-24(22)19-26(29)21-28(16-10-5-6-11-17-28)20-23-12-8-7-9-13-23/h7-9,12-15,18H,5-6,10-11,16-17,19-21H2,1-4H3/q+1. The van der Waals surface area contributed by atoms with E-state index in [2.05, 4.69) is 76.2 Å². The summed E-state index contributed by atoms with van der Waals surface area (Å²) in [5.74, 6) is 0.386. The molecule has 1 fully saturated rings. The Labute approximate surface area is 177 Å². The van der Waals surface area contributed by atoms with Gasteiger partial charge in [-0.15, -0.1) is 0 Å². The first-order valence-electron chi connectivity index (χ1n) is 11.3. The number of carbonyl (C=O) groups is 1. The molecule has 2 nitrogen and oxygen atoms in total. The van der Waals surface area contributed by atoms with E-state index in [-0.39, 0.29) is 5.41 Å². The second-order valence-electron chi connectivity index (χ2n) is 10.1. The van der Waals surface area contributed by atoms with Crippen LogP contribution in [0.25, 0.3) is 0 Å². The quantitative estimate of drug-likeness (QED) is 0.551. The zero-order valence-electron chi connectivity index (χ0n) is 18.8. The first kappa shape index (κ1) is 21.8. The number of benzene rings is 2. The highest BCUT2D eigenvalue weighted by Gasteiger charge is 2.31. The van der Waals surface area contributed by atoms with Crippen molar-refractivity contribution in [3.8, 4) is 0 Å². The van der Waals surface area contributed by atoms with Crippen molar-refractivity contribution in [2.45, 2.75) is 71.8 Å². The van der Waals surface area contributed by atoms with Crippen molar-refractivity contribution >= 4 is 5.78 Å². The van der Waals surface area contributed by atoms with Crippen LogP contribution in [0.2, 0.25) is 0 Å². The van der Waals surface area contributed by atoms with Crippen molar-refractivity contribution in [1.82, 2.24) is 0 Å². The molecule has 2 aromatic carbocycles. The smallest absolute Gasteiger partial charge is 0.191 e. The second-order valence-corrected chi connectivity index (χ2v) is 10.1. The molecule has 0 bridgehead atoms. The number of Topliss-reactive ketones (excluding diaryl/α,β-unsaturated/α-hetero) is 1. The zero-order valence-corrected chi connectivity index (χ0v) is 18.8. The molecule has 1 saturated heterocycles. The number of quaternary nitrogens is 1. The number of rotatable bonds is 6. The van der Waals surface area contributed by atoms with Crippen LogP contribution in [0, 0.1) is 6.92 Å². The molecule has 0 unspecified atom stereocenters. The molecule has 29 heavy (non-hydrogen) atoms. The van der Waals surface area contributed by atoms with E-state index in [0.29, 0.717) is 18.7 Å². The summed E-state index contributed by atoms with van der Waals surface area (Å²) in [5, 5.41) is 0. The van der Waals surface area contributed by atoms with Crippen LogP contribution >= 0.6 is 0 Å². The van der Waals surface area contributed by atoms with Gasteiger partial charge in [0.2, 0.25) is 0 Å². The number of hydrogen-bond donors (Lipinski definition) is 0. The Balaban J connectivity index is 1.78. The largest absolute Gasteiger partial charge is 0.314 e. The molecule has 0 N–H and O–H groups in total.